The Hall–Kier alpha value is -1.79. The van der Waals surface area contributed by atoms with E-state index in [0.717, 1.165) is 50.7 Å². The van der Waals surface area contributed by atoms with Crippen LogP contribution in [0.3, 0.4) is 0 Å². The molecule has 0 fully saturated rings. The largest absolute Gasteiger partial charge is 4.00 e. The van der Waals surface area contributed by atoms with Crippen LogP contribution in [0.25, 0.3) is 0 Å². The fourth-order valence-electron chi connectivity index (χ4n) is 2.66. The molecular formula is C26H32F4O2Ti. The number of carbonyl (C=O) groups is 2. The Morgan fingerprint density at radius 1 is 0.667 bits per heavy atom. The van der Waals surface area contributed by atoms with E-state index in [-0.39, 0.29) is 59.3 Å². The second-order valence-electron chi connectivity index (χ2n) is 6.83. The molecular weight excluding hydrogens is 468 g/mol. The van der Waals surface area contributed by atoms with Crippen LogP contribution >= 0.6 is 0 Å². The molecule has 0 N–H and O–H groups in total. The zero-order valence-electron chi connectivity index (χ0n) is 19.8. The van der Waals surface area contributed by atoms with Crippen molar-refractivity contribution >= 4 is 11.6 Å². The topological polar surface area (TPSA) is 34.1 Å². The van der Waals surface area contributed by atoms with E-state index in [2.05, 4.69) is 0 Å². The maximum Gasteiger partial charge on any atom is 4.00 e. The molecule has 0 heterocycles. The average molecular weight is 500 g/mol. The van der Waals surface area contributed by atoms with Gasteiger partial charge in [-0.3, -0.25) is 0 Å². The first-order chi connectivity index (χ1) is 14.3. The molecule has 7 heteroatoms. The Balaban J connectivity index is -0.000000500. The summed E-state index contributed by atoms with van der Waals surface area (Å²) in [6.07, 6.45) is 6.00. The van der Waals surface area contributed by atoms with Gasteiger partial charge < -0.3 is 24.4 Å². The summed E-state index contributed by atoms with van der Waals surface area (Å²) in [5, 5.41) is 0. The summed E-state index contributed by atoms with van der Waals surface area (Å²) >= 11 is 0. The predicted octanol–water partition coefficient (Wildman–Crippen LogP) is 7.95. The standard InChI is InChI=1S/2C12H13F2O.2CH3.Ti/c2*1-2-3-4-5-12(15)10-7-6-9(13)8-11(10)14;;;/h2*6-7H,2-5H2,1H3;2*1H3;/q4*-1;+4. The zero-order valence-corrected chi connectivity index (χ0v) is 21.4. The van der Waals surface area contributed by atoms with Crippen molar-refractivity contribution in [3.63, 3.8) is 0 Å². The summed E-state index contributed by atoms with van der Waals surface area (Å²) in [5.74, 6) is -3.90. The van der Waals surface area contributed by atoms with Gasteiger partial charge in [-0.05, 0) is 25.7 Å². The number of unbranched alkanes of at least 4 members (excludes halogenated alkanes) is 4. The van der Waals surface area contributed by atoms with Crippen LogP contribution in [0.5, 0.6) is 0 Å². The maximum absolute atomic E-state index is 13.1. The van der Waals surface area contributed by atoms with Crippen molar-refractivity contribution in [1.82, 2.24) is 0 Å². The van der Waals surface area contributed by atoms with Gasteiger partial charge in [0, 0.05) is 23.3 Å². The van der Waals surface area contributed by atoms with E-state index in [1.165, 1.54) is 12.1 Å². The Morgan fingerprint density at radius 2 is 1.00 bits per heavy atom. The molecule has 0 aromatic heterocycles. The van der Waals surface area contributed by atoms with Crippen molar-refractivity contribution < 1.29 is 48.9 Å². The molecule has 0 aliphatic carbocycles. The quantitative estimate of drug-likeness (QED) is 0.109. The maximum atomic E-state index is 13.1. The van der Waals surface area contributed by atoms with E-state index in [0.29, 0.717) is 12.8 Å². The zero-order chi connectivity index (χ0) is 22.5. The summed E-state index contributed by atoms with van der Waals surface area (Å²) in [5.41, 5.74) is -0.125. The van der Waals surface area contributed by atoms with Crippen molar-refractivity contribution in [3.05, 3.63) is 85.6 Å². The van der Waals surface area contributed by atoms with E-state index >= 15 is 0 Å². The van der Waals surface area contributed by atoms with Gasteiger partial charge >= 0.3 is 21.7 Å². The molecule has 2 nitrogen and oxygen atoms in total. The number of carbonyl (C=O) groups excluding carboxylic acids is 2. The Morgan fingerprint density at radius 3 is 1.27 bits per heavy atom. The van der Waals surface area contributed by atoms with E-state index in [9.17, 15) is 27.2 Å². The average Bonchev–Trinajstić information content (AvgIpc) is 2.68. The van der Waals surface area contributed by atoms with Gasteiger partial charge in [-0.1, -0.05) is 50.7 Å². The molecule has 180 valence electrons. The van der Waals surface area contributed by atoms with Crippen molar-refractivity contribution in [2.24, 2.45) is 0 Å². The Kier molecular flexibility index (Phi) is 21.3. The first kappa shape index (κ1) is 35.8. The Labute approximate surface area is 211 Å². The van der Waals surface area contributed by atoms with E-state index < -0.39 is 23.3 Å². The SMILES string of the molecule is CCCCCC(=O)c1ccc(F)[c-]c1F.CCCCCC(=O)c1ccc(F)[c-]c1F.[CH3-].[CH3-].[Ti+4]. The van der Waals surface area contributed by atoms with Crippen molar-refractivity contribution in [2.75, 3.05) is 0 Å². The van der Waals surface area contributed by atoms with Crippen LogP contribution in [0.15, 0.2) is 24.3 Å². The third-order valence-electron chi connectivity index (χ3n) is 4.34. The van der Waals surface area contributed by atoms with Crippen molar-refractivity contribution in [2.45, 2.75) is 65.2 Å². The third-order valence-corrected chi connectivity index (χ3v) is 4.34. The van der Waals surface area contributed by atoms with Crippen LogP contribution < -0.4 is 0 Å². The van der Waals surface area contributed by atoms with E-state index in [1.54, 1.807) is 0 Å². The van der Waals surface area contributed by atoms with Gasteiger partial charge in [0.05, 0.1) is 0 Å². The summed E-state index contributed by atoms with van der Waals surface area (Å²) in [6, 6.07) is 8.17. The molecule has 0 atom stereocenters. The van der Waals surface area contributed by atoms with Crippen LogP contribution in [-0.2, 0) is 21.7 Å². The van der Waals surface area contributed by atoms with Gasteiger partial charge in [0.2, 0.25) is 0 Å². The third kappa shape index (κ3) is 13.5. The fourth-order valence-corrected chi connectivity index (χ4v) is 2.66. The molecule has 0 spiro atoms. The molecule has 0 bridgehead atoms. The number of benzene rings is 2. The molecule has 2 rings (SSSR count). The van der Waals surface area contributed by atoms with Gasteiger partial charge in [0.15, 0.2) is 0 Å². The minimum atomic E-state index is -0.892. The fraction of sp³-hybridized carbons (Fsp3) is 0.385. The molecule has 2 aromatic carbocycles. The number of ketones is 2. The van der Waals surface area contributed by atoms with Crippen LogP contribution in [0.1, 0.15) is 85.9 Å². The predicted molar refractivity (Wildman–Crippen MR) is 120 cm³/mol. The second-order valence-corrected chi connectivity index (χ2v) is 6.83. The van der Waals surface area contributed by atoms with E-state index in [4.69, 9.17) is 0 Å². The van der Waals surface area contributed by atoms with Crippen molar-refractivity contribution in [1.29, 1.82) is 0 Å². The van der Waals surface area contributed by atoms with Crippen LogP contribution in [0.4, 0.5) is 17.6 Å². The van der Waals surface area contributed by atoms with E-state index in [1.807, 2.05) is 26.0 Å². The number of hydrogen-bond donors (Lipinski definition) is 0. The molecule has 0 saturated carbocycles. The summed E-state index contributed by atoms with van der Waals surface area (Å²) in [4.78, 5) is 22.9. The molecule has 0 radical (unpaired) electrons. The van der Waals surface area contributed by atoms with Gasteiger partial charge in [-0.2, -0.15) is 12.1 Å². The molecule has 2 aromatic rings. The molecule has 33 heavy (non-hydrogen) atoms. The van der Waals surface area contributed by atoms with Gasteiger partial charge in [-0.25, -0.2) is 17.6 Å². The molecule has 0 aliphatic heterocycles. The normalized spacial score (nSPS) is 9.39. The number of Topliss-reactive ketones (excluding diaryl/α,β-unsaturated/α-hetero) is 2. The molecule has 0 aliphatic rings. The summed E-state index contributed by atoms with van der Waals surface area (Å²) in [7, 11) is 0. The molecule has 0 saturated heterocycles. The number of rotatable bonds is 10. The van der Waals surface area contributed by atoms with Gasteiger partial charge in [0.1, 0.15) is 11.6 Å². The first-order valence-corrected chi connectivity index (χ1v) is 10.1. The van der Waals surface area contributed by atoms with Gasteiger partial charge in [0.25, 0.3) is 0 Å². The number of halogens is 4. The summed E-state index contributed by atoms with van der Waals surface area (Å²) < 4.78 is 51.2. The van der Waals surface area contributed by atoms with Crippen LogP contribution in [-0.4, -0.2) is 11.6 Å². The molecule has 0 amide bonds. The number of hydrogen-bond acceptors (Lipinski definition) is 2. The monoisotopic (exact) mass is 500 g/mol. The molecule has 0 unspecified atom stereocenters. The smallest absolute Gasteiger partial charge is 0.358 e. The van der Waals surface area contributed by atoms with Crippen LogP contribution in [0.2, 0.25) is 0 Å². The summed E-state index contributed by atoms with van der Waals surface area (Å²) in [6.45, 7) is 4.05. The van der Waals surface area contributed by atoms with Gasteiger partial charge in [-0.15, -0.1) is 24.3 Å². The minimum Gasteiger partial charge on any atom is -0.358 e. The second kappa shape index (κ2) is 19.7. The van der Waals surface area contributed by atoms with Crippen molar-refractivity contribution in [3.8, 4) is 0 Å². The Bertz CT molecular complexity index is 772. The first-order valence-electron chi connectivity index (χ1n) is 10.1. The van der Waals surface area contributed by atoms with Crippen LogP contribution in [0, 0.1) is 50.3 Å². The minimum absolute atomic E-state index is 0.